The number of nitrogens with two attached hydrogens (primary N) is 1. The van der Waals surface area contributed by atoms with Gasteiger partial charge in [0.15, 0.2) is 23.1 Å². The van der Waals surface area contributed by atoms with Crippen LogP contribution in [0.15, 0.2) is 42.6 Å². The number of hydrogen-bond acceptors (Lipinski definition) is 7. The van der Waals surface area contributed by atoms with Crippen LogP contribution in [0.2, 0.25) is 0 Å². The van der Waals surface area contributed by atoms with Crippen LogP contribution in [0, 0.1) is 5.82 Å². The number of aromatic nitrogens is 1. The van der Waals surface area contributed by atoms with Crippen LogP contribution in [0.3, 0.4) is 0 Å². The van der Waals surface area contributed by atoms with E-state index in [1.807, 2.05) is 6.07 Å². The maximum absolute atomic E-state index is 14.2. The van der Waals surface area contributed by atoms with Gasteiger partial charge in [-0.25, -0.2) is 4.39 Å². The number of ether oxygens (including phenoxy) is 4. The molecule has 2 heterocycles. The fourth-order valence-corrected chi connectivity index (χ4v) is 3.32. The number of nitrogens with zero attached hydrogens (tertiary/aromatic N) is 2. The van der Waals surface area contributed by atoms with Crippen molar-refractivity contribution in [1.29, 1.82) is 0 Å². The van der Waals surface area contributed by atoms with Gasteiger partial charge in [0.05, 0.1) is 25.8 Å². The van der Waals surface area contributed by atoms with E-state index in [4.69, 9.17) is 24.7 Å². The first-order chi connectivity index (χ1) is 14.6. The van der Waals surface area contributed by atoms with Crippen molar-refractivity contribution in [2.24, 2.45) is 0 Å². The van der Waals surface area contributed by atoms with E-state index in [0.717, 1.165) is 32.8 Å². The van der Waals surface area contributed by atoms with Crippen molar-refractivity contribution in [3.05, 3.63) is 48.4 Å². The molecule has 0 amide bonds. The molecule has 158 valence electrons. The number of pyridine rings is 1. The van der Waals surface area contributed by atoms with E-state index in [2.05, 4.69) is 9.88 Å². The van der Waals surface area contributed by atoms with Crippen LogP contribution in [-0.2, 0) is 4.74 Å². The summed E-state index contributed by atoms with van der Waals surface area (Å²) in [7, 11) is 1.58. The lowest BCUT2D eigenvalue weighted by atomic mass is 10.1. The number of halogens is 1. The molecule has 1 saturated heterocycles. The minimum absolute atomic E-state index is 0.0855. The Labute approximate surface area is 174 Å². The largest absolute Gasteiger partial charge is 0.493 e. The Hall–Kier alpha value is -3.10. The molecule has 1 aliphatic rings. The average molecular weight is 413 g/mol. The molecule has 0 unspecified atom stereocenters. The third-order valence-corrected chi connectivity index (χ3v) is 4.93. The van der Waals surface area contributed by atoms with Crippen molar-refractivity contribution in [2.75, 3.05) is 52.3 Å². The van der Waals surface area contributed by atoms with E-state index in [9.17, 15) is 4.39 Å². The Bertz CT molecular complexity index is 1020. The number of methoxy groups -OCH3 is 1. The maximum atomic E-state index is 14.2. The molecule has 2 aromatic carbocycles. The predicted molar refractivity (Wildman–Crippen MR) is 112 cm³/mol. The summed E-state index contributed by atoms with van der Waals surface area (Å²) in [6.07, 6.45) is 1.60. The summed E-state index contributed by atoms with van der Waals surface area (Å²) >= 11 is 0. The molecule has 0 saturated carbocycles. The lowest BCUT2D eigenvalue weighted by Crippen LogP contribution is -2.38. The molecule has 0 atom stereocenters. The normalized spacial score (nSPS) is 14.6. The molecule has 0 spiro atoms. The second-order valence-electron chi connectivity index (χ2n) is 6.92. The molecule has 3 aromatic rings. The average Bonchev–Trinajstić information content (AvgIpc) is 2.76. The quantitative estimate of drug-likeness (QED) is 0.594. The second kappa shape index (κ2) is 9.15. The highest BCUT2D eigenvalue weighted by Gasteiger charge is 2.15. The molecule has 1 aliphatic heterocycles. The number of hydrogen-bond donors (Lipinski definition) is 1. The monoisotopic (exact) mass is 413 g/mol. The van der Waals surface area contributed by atoms with Gasteiger partial charge in [0.2, 0.25) is 0 Å². The number of nitrogen functional groups attached to an aromatic ring is 1. The van der Waals surface area contributed by atoms with Gasteiger partial charge in [-0.3, -0.25) is 9.88 Å². The molecule has 0 aliphatic carbocycles. The molecular weight excluding hydrogens is 389 g/mol. The van der Waals surface area contributed by atoms with Crippen molar-refractivity contribution in [3.63, 3.8) is 0 Å². The summed E-state index contributed by atoms with van der Waals surface area (Å²) in [5.41, 5.74) is 6.60. The predicted octanol–water partition coefficient (Wildman–Crippen LogP) is 3.47. The third-order valence-electron chi connectivity index (χ3n) is 4.93. The van der Waals surface area contributed by atoms with Crippen LogP contribution in [-0.4, -0.2) is 56.4 Å². The molecule has 7 nitrogen and oxygen atoms in total. The van der Waals surface area contributed by atoms with E-state index < -0.39 is 5.82 Å². The van der Waals surface area contributed by atoms with Crippen molar-refractivity contribution >= 4 is 16.6 Å². The standard InChI is InChI=1S/C22H24FN3O4/c1-27-21-14-18-16(13-22(21)29-11-8-26-6-9-28-10-7-26)19(4-5-25-18)30-20-3-2-15(24)12-17(20)23/h2-5,12-14H,6-11,24H2,1H3. The van der Waals surface area contributed by atoms with Crippen molar-refractivity contribution in [3.8, 4) is 23.0 Å². The lowest BCUT2D eigenvalue weighted by Gasteiger charge is -2.26. The first kappa shape index (κ1) is 20.2. The zero-order valence-corrected chi connectivity index (χ0v) is 16.8. The fraction of sp³-hybridized carbons (Fsp3) is 0.318. The van der Waals surface area contributed by atoms with Gasteiger partial charge < -0.3 is 24.7 Å². The minimum Gasteiger partial charge on any atom is -0.493 e. The van der Waals surface area contributed by atoms with Crippen molar-refractivity contribution in [2.45, 2.75) is 0 Å². The number of fused-ring (bicyclic) bond motifs is 1. The van der Waals surface area contributed by atoms with Crippen LogP contribution in [0.25, 0.3) is 10.9 Å². The molecule has 30 heavy (non-hydrogen) atoms. The molecule has 1 fully saturated rings. The first-order valence-electron chi connectivity index (χ1n) is 9.76. The Kier molecular flexibility index (Phi) is 6.15. The number of anilines is 1. The Morgan fingerprint density at radius 1 is 1.07 bits per heavy atom. The van der Waals surface area contributed by atoms with Gasteiger partial charge in [0.1, 0.15) is 12.4 Å². The SMILES string of the molecule is COc1cc2nccc(Oc3ccc(N)cc3F)c2cc1OCCN1CCOCC1. The molecule has 1 aromatic heterocycles. The van der Waals surface area contributed by atoms with Crippen LogP contribution < -0.4 is 19.9 Å². The minimum atomic E-state index is -0.532. The topological polar surface area (TPSA) is 79.1 Å². The molecular formula is C22H24FN3O4. The van der Waals surface area contributed by atoms with Crippen LogP contribution >= 0.6 is 0 Å². The number of morpholine rings is 1. The van der Waals surface area contributed by atoms with E-state index in [-0.39, 0.29) is 5.75 Å². The van der Waals surface area contributed by atoms with Gasteiger partial charge in [-0.15, -0.1) is 0 Å². The zero-order valence-electron chi connectivity index (χ0n) is 16.8. The number of rotatable bonds is 7. The van der Waals surface area contributed by atoms with Crippen molar-refractivity contribution < 1.29 is 23.3 Å². The highest BCUT2D eigenvalue weighted by atomic mass is 19.1. The zero-order chi connectivity index (χ0) is 20.9. The van der Waals surface area contributed by atoms with E-state index >= 15 is 0 Å². The van der Waals surface area contributed by atoms with E-state index in [0.29, 0.717) is 40.4 Å². The molecule has 8 heteroatoms. The summed E-state index contributed by atoms with van der Waals surface area (Å²) in [6.45, 7) is 4.57. The number of benzene rings is 2. The van der Waals surface area contributed by atoms with Gasteiger partial charge in [0.25, 0.3) is 0 Å². The van der Waals surface area contributed by atoms with Gasteiger partial charge in [0, 0.05) is 49.0 Å². The maximum Gasteiger partial charge on any atom is 0.167 e. The Morgan fingerprint density at radius 2 is 1.90 bits per heavy atom. The van der Waals surface area contributed by atoms with Crippen LogP contribution in [0.4, 0.5) is 10.1 Å². The van der Waals surface area contributed by atoms with Gasteiger partial charge in [-0.1, -0.05) is 0 Å². The van der Waals surface area contributed by atoms with E-state index in [1.165, 1.54) is 12.1 Å². The molecule has 4 rings (SSSR count). The second-order valence-corrected chi connectivity index (χ2v) is 6.92. The summed E-state index contributed by atoms with van der Waals surface area (Å²) in [6, 6.07) is 9.59. The van der Waals surface area contributed by atoms with E-state index in [1.54, 1.807) is 31.5 Å². The summed E-state index contributed by atoms with van der Waals surface area (Å²) in [4.78, 5) is 6.66. The lowest BCUT2D eigenvalue weighted by molar-refractivity contribution is 0.0321. The summed E-state index contributed by atoms with van der Waals surface area (Å²) < 4.78 is 36.9. The highest BCUT2D eigenvalue weighted by Crippen LogP contribution is 2.37. The van der Waals surface area contributed by atoms with Crippen LogP contribution in [0.1, 0.15) is 0 Å². The van der Waals surface area contributed by atoms with Crippen LogP contribution in [0.5, 0.6) is 23.0 Å². The smallest absolute Gasteiger partial charge is 0.167 e. The Balaban J connectivity index is 1.58. The van der Waals surface area contributed by atoms with Gasteiger partial charge in [-0.2, -0.15) is 0 Å². The summed E-state index contributed by atoms with van der Waals surface area (Å²) in [5, 5.41) is 0.691. The highest BCUT2D eigenvalue weighted by molar-refractivity contribution is 5.88. The van der Waals surface area contributed by atoms with Crippen molar-refractivity contribution in [1.82, 2.24) is 9.88 Å². The fourth-order valence-electron chi connectivity index (χ4n) is 3.32. The first-order valence-corrected chi connectivity index (χ1v) is 9.76. The third kappa shape index (κ3) is 4.55. The Morgan fingerprint density at radius 3 is 2.67 bits per heavy atom. The molecule has 0 bridgehead atoms. The van der Waals surface area contributed by atoms with Gasteiger partial charge in [-0.05, 0) is 24.3 Å². The summed E-state index contributed by atoms with van der Waals surface area (Å²) in [5.74, 6) is 1.17. The molecule has 2 N–H and O–H groups in total. The molecule has 0 radical (unpaired) electrons. The van der Waals surface area contributed by atoms with Gasteiger partial charge >= 0.3 is 0 Å².